The van der Waals surface area contributed by atoms with Crippen molar-refractivity contribution < 1.29 is 14.3 Å². The summed E-state index contributed by atoms with van der Waals surface area (Å²) in [5.41, 5.74) is -0.450. The van der Waals surface area contributed by atoms with E-state index in [0.717, 1.165) is 6.42 Å². The highest BCUT2D eigenvalue weighted by molar-refractivity contribution is 5.72. The first-order valence-electron chi connectivity index (χ1n) is 6.73. The van der Waals surface area contributed by atoms with Crippen LogP contribution in [0, 0.1) is 0 Å². The van der Waals surface area contributed by atoms with E-state index in [-0.39, 0.29) is 18.0 Å². The van der Waals surface area contributed by atoms with Gasteiger partial charge in [-0.15, -0.1) is 0 Å². The average molecular weight is 271 g/mol. The Bertz CT molecular complexity index is 326. The van der Waals surface area contributed by atoms with Crippen LogP contribution < -0.4 is 10.6 Å². The summed E-state index contributed by atoms with van der Waals surface area (Å²) in [5, 5.41) is 6.05. The van der Waals surface area contributed by atoms with Crippen molar-refractivity contribution in [1.82, 2.24) is 15.5 Å². The molecule has 1 aliphatic rings. The van der Waals surface area contributed by atoms with Crippen LogP contribution in [0.5, 0.6) is 0 Å². The van der Waals surface area contributed by atoms with E-state index in [2.05, 4.69) is 10.6 Å². The Morgan fingerprint density at radius 1 is 1.32 bits per heavy atom. The van der Waals surface area contributed by atoms with Gasteiger partial charge in [0.05, 0.1) is 0 Å². The summed E-state index contributed by atoms with van der Waals surface area (Å²) in [6.07, 6.45) is 0.665. The van der Waals surface area contributed by atoms with Crippen LogP contribution in [0.2, 0.25) is 0 Å². The van der Waals surface area contributed by atoms with Gasteiger partial charge in [-0.25, -0.2) is 4.79 Å². The molecule has 0 radical (unpaired) electrons. The quantitative estimate of drug-likeness (QED) is 0.739. The summed E-state index contributed by atoms with van der Waals surface area (Å²) in [5.74, 6) is -0.0244. The number of hydrogen-bond acceptors (Lipinski definition) is 4. The van der Waals surface area contributed by atoms with E-state index in [9.17, 15) is 9.59 Å². The Balaban J connectivity index is 2.22. The van der Waals surface area contributed by atoms with Crippen molar-refractivity contribution >= 4 is 12.0 Å². The molecule has 1 saturated heterocycles. The van der Waals surface area contributed by atoms with Crippen molar-refractivity contribution in [1.29, 1.82) is 0 Å². The second-order valence-electron chi connectivity index (χ2n) is 5.85. The molecule has 6 heteroatoms. The maximum absolute atomic E-state index is 11.8. The van der Waals surface area contributed by atoms with Gasteiger partial charge in [-0.1, -0.05) is 0 Å². The topological polar surface area (TPSA) is 70.7 Å². The van der Waals surface area contributed by atoms with Crippen LogP contribution in [0.1, 0.15) is 34.1 Å². The third kappa shape index (κ3) is 6.42. The lowest BCUT2D eigenvalue weighted by Gasteiger charge is -2.24. The monoisotopic (exact) mass is 271 g/mol. The normalized spacial score (nSPS) is 19.4. The lowest BCUT2D eigenvalue weighted by molar-refractivity contribution is -0.118. The second-order valence-corrected chi connectivity index (χ2v) is 5.85. The maximum Gasteiger partial charge on any atom is 0.410 e. The Hall–Kier alpha value is -1.30. The molecule has 1 heterocycles. The molecule has 1 unspecified atom stereocenters. The van der Waals surface area contributed by atoms with Gasteiger partial charge in [0, 0.05) is 39.1 Å². The molecule has 1 aliphatic heterocycles. The number of amides is 2. The second kappa shape index (κ2) is 6.75. The Kier molecular flexibility index (Phi) is 5.60. The molecular weight excluding hydrogens is 246 g/mol. The zero-order valence-electron chi connectivity index (χ0n) is 12.3. The highest BCUT2D eigenvalue weighted by Gasteiger charge is 2.29. The molecule has 1 atom stereocenters. The molecule has 19 heavy (non-hydrogen) atoms. The summed E-state index contributed by atoms with van der Waals surface area (Å²) in [7, 11) is 0. The molecule has 1 rings (SSSR count). The number of rotatable bonds is 4. The van der Waals surface area contributed by atoms with Crippen molar-refractivity contribution in [2.75, 3.05) is 26.2 Å². The standard InChI is InChI=1S/C13H25N3O3/c1-10(17)14-6-7-15-11-5-8-16(9-11)12(18)19-13(2,3)4/h11,15H,5-9H2,1-4H3,(H,14,17). The molecule has 110 valence electrons. The minimum absolute atomic E-state index is 0.0244. The largest absolute Gasteiger partial charge is 0.444 e. The number of likely N-dealkylation sites (tertiary alicyclic amines) is 1. The average Bonchev–Trinajstić information content (AvgIpc) is 2.70. The molecular formula is C13H25N3O3. The van der Waals surface area contributed by atoms with E-state index < -0.39 is 5.60 Å². The Labute approximate surface area is 114 Å². The SMILES string of the molecule is CC(=O)NCCNC1CCN(C(=O)OC(C)(C)C)C1. The minimum atomic E-state index is -0.450. The molecule has 2 N–H and O–H groups in total. The van der Waals surface area contributed by atoms with Crippen molar-refractivity contribution in [3.05, 3.63) is 0 Å². The lowest BCUT2D eigenvalue weighted by Crippen LogP contribution is -2.40. The van der Waals surface area contributed by atoms with E-state index in [4.69, 9.17) is 4.74 Å². The summed E-state index contributed by atoms with van der Waals surface area (Å²) in [6, 6.07) is 0.279. The highest BCUT2D eigenvalue weighted by atomic mass is 16.6. The van der Waals surface area contributed by atoms with Crippen LogP contribution in [0.4, 0.5) is 4.79 Å². The predicted octanol–water partition coefficient (Wildman–Crippen LogP) is 0.721. The van der Waals surface area contributed by atoms with Gasteiger partial charge in [0.15, 0.2) is 0 Å². The first kappa shape index (κ1) is 15.8. The highest BCUT2D eigenvalue weighted by Crippen LogP contribution is 2.15. The fourth-order valence-electron chi connectivity index (χ4n) is 1.93. The minimum Gasteiger partial charge on any atom is -0.444 e. The van der Waals surface area contributed by atoms with E-state index in [1.807, 2.05) is 20.8 Å². The summed E-state index contributed by atoms with van der Waals surface area (Å²) in [6.45, 7) is 9.80. The van der Waals surface area contributed by atoms with Gasteiger partial charge in [0.1, 0.15) is 5.60 Å². The van der Waals surface area contributed by atoms with Crippen molar-refractivity contribution in [2.24, 2.45) is 0 Å². The smallest absolute Gasteiger partial charge is 0.410 e. The molecule has 0 aliphatic carbocycles. The number of ether oxygens (including phenoxy) is 1. The molecule has 6 nitrogen and oxygen atoms in total. The summed E-state index contributed by atoms with van der Waals surface area (Å²) < 4.78 is 5.33. The van der Waals surface area contributed by atoms with Crippen LogP contribution in [0.3, 0.4) is 0 Å². The zero-order chi connectivity index (χ0) is 14.5. The van der Waals surface area contributed by atoms with Gasteiger partial charge in [-0.3, -0.25) is 4.79 Å². The van der Waals surface area contributed by atoms with Crippen molar-refractivity contribution in [3.8, 4) is 0 Å². The molecule has 0 saturated carbocycles. The van der Waals surface area contributed by atoms with Gasteiger partial charge in [0.2, 0.25) is 5.91 Å². The number of nitrogens with zero attached hydrogens (tertiary/aromatic N) is 1. The molecule has 0 aromatic heterocycles. The van der Waals surface area contributed by atoms with E-state index in [0.29, 0.717) is 26.2 Å². The molecule has 0 aromatic rings. The fourth-order valence-corrected chi connectivity index (χ4v) is 1.93. The van der Waals surface area contributed by atoms with Gasteiger partial charge in [-0.2, -0.15) is 0 Å². The number of carbonyl (C=O) groups excluding carboxylic acids is 2. The van der Waals surface area contributed by atoms with E-state index in [1.54, 1.807) is 4.90 Å². The summed E-state index contributed by atoms with van der Waals surface area (Å²) in [4.78, 5) is 24.3. The van der Waals surface area contributed by atoms with Crippen LogP contribution in [-0.4, -0.2) is 54.7 Å². The van der Waals surface area contributed by atoms with Crippen molar-refractivity contribution in [3.63, 3.8) is 0 Å². The van der Waals surface area contributed by atoms with Gasteiger partial charge >= 0.3 is 6.09 Å². The predicted molar refractivity (Wildman–Crippen MR) is 72.9 cm³/mol. The third-order valence-electron chi connectivity index (χ3n) is 2.77. The Morgan fingerprint density at radius 3 is 2.58 bits per heavy atom. The van der Waals surface area contributed by atoms with Gasteiger partial charge in [-0.05, 0) is 27.2 Å². The number of hydrogen-bond donors (Lipinski definition) is 2. The van der Waals surface area contributed by atoms with Crippen LogP contribution in [0.15, 0.2) is 0 Å². The lowest BCUT2D eigenvalue weighted by atomic mass is 10.2. The van der Waals surface area contributed by atoms with Gasteiger partial charge < -0.3 is 20.3 Å². The zero-order valence-corrected chi connectivity index (χ0v) is 12.3. The Morgan fingerprint density at radius 2 is 2.00 bits per heavy atom. The van der Waals surface area contributed by atoms with Gasteiger partial charge in [0.25, 0.3) is 0 Å². The molecule has 0 aromatic carbocycles. The first-order valence-corrected chi connectivity index (χ1v) is 6.73. The molecule has 2 amide bonds. The van der Waals surface area contributed by atoms with Crippen molar-refractivity contribution in [2.45, 2.75) is 45.8 Å². The van der Waals surface area contributed by atoms with E-state index in [1.165, 1.54) is 6.92 Å². The van der Waals surface area contributed by atoms with E-state index >= 15 is 0 Å². The maximum atomic E-state index is 11.8. The van der Waals surface area contributed by atoms with Crippen LogP contribution in [-0.2, 0) is 9.53 Å². The molecule has 1 fully saturated rings. The fraction of sp³-hybridized carbons (Fsp3) is 0.846. The van der Waals surface area contributed by atoms with Crippen LogP contribution >= 0.6 is 0 Å². The van der Waals surface area contributed by atoms with Crippen LogP contribution in [0.25, 0.3) is 0 Å². The summed E-state index contributed by atoms with van der Waals surface area (Å²) >= 11 is 0. The number of carbonyl (C=O) groups is 2. The first-order chi connectivity index (χ1) is 8.78. The third-order valence-corrected chi connectivity index (χ3v) is 2.77. The number of nitrogens with one attached hydrogen (secondary N) is 2. The molecule has 0 bridgehead atoms. The molecule has 0 spiro atoms.